The third-order valence-corrected chi connectivity index (χ3v) is 7.56. The Labute approximate surface area is 202 Å². The number of aromatic hydroxyl groups is 1. The Bertz CT molecular complexity index is 1350. The fourth-order valence-electron chi connectivity index (χ4n) is 4.76. The first-order valence-electron chi connectivity index (χ1n) is 11.5. The summed E-state index contributed by atoms with van der Waals surface area (Å²) in [5.74, 6) is 1.14. The Balaban J connectivity index is 1.54. The molecule has 0 spiro atoms. The van der Waals surface area contributed by atoms with E-state index < -0.39 is 0 Å². The normalized spacial score (nSPS) is 16.0. The van der Waals surface area contributed by atoms with Crippen molar-refractivity contribution in [1.82, 2.24) is 5.32 Å². The van der Waals surface area contributed by atoms with Crippen molar-refractivity contribution < 1.29 is 19.0 Å². The van der Waals surface area contributed by atoms with E-state index in [9.17, 15) is 14.3 Å². The number of halogens is 1. The van der Waals surface area contributed by atoms with Gasteiger partial charge in [0.2, 0.25) is 5.78 Å². The van der Waals surface area contributed by atoms with Crippen LogP contribution >= 0.6 is 11.3 Å². The Morgan fingerprint density at radius 2 is 1.82 bits per heavy atom. The second kappa shape index (κ2) is 9.20. The standard InChI is InChI=1S/C28H26FNO3S/c1-16-12-20(29)13-17(2)25(16)26(32)28-27(23-10-7-21(31)14-24(23)34-28)33-22-8-5-18(6-9-22)19-4-3-11-30-15-19/h5-10,12-14,19,30-31H,3-4,11,15H2,1-2H3/t19-/m1/s1. The number of phenols is 1. The molecule has 4 nitrogen and oxygen atoms in total. The van der Waals surface area contributed by atoms with Crippen LogP contribution in [0.25, 0.3) is 10.1 Å². The fraction of sp³-hybridized carbons (Fsp3) is 0.250. The van der Waals surface area contributed by atoms with Crippen LogP contribution in [-0.2, 0) is 0 Å². The van der Waals surface area contributed by atoms with Gasteiger partial charge in [-0.1, -0.05) is 12.1 Å². The van der Waals surface area contributed by atoms with Crippen LogP contribution in [0.2, 0.25) is 0 Å². The van der Waals surface area contributed by atoms with Crippen LogP contribution in [-0.4, -0.2) is 24.0 Å². The number of carbonyl (C=O) groups excluding carboxylic acids is 1. The lowest BCUT2D eigenvalue weighted by Crippen LogP contribution is -2.28. The zero-order chi connectivity index (χ0) is 23.8. The number of hydrogen-bond acceptors (Lipinski definition) is 5. The Morgan fingerprint density at radius 3 is 2.50 bits per heavy atom. The lowest BCUT2D eigenvalue weighted by atomic mass is 9.92. The maximum absolute atomic E-state index is 13.9. The van der Waals surface area contributed by atoms with Gasteiger partial charge >= 0.3 is 0 Å². The highest BCUT2D eigenvalue weighted by molar-refractivity contribution is 7.21. The molecule has 0 bridgehead atoms. The zero-order valence-electron chi connectivity index (χ0n) is 19.2. The summed E-state index contributed by atoms with van der Waals surface area (Å²) >= 11 is 1.27. The summed E-state index contributed by atoms with van der Waals surface area (Å²) < 4.78 is 20.9. The lowest BCUT2D eigenvalue weighted by molar-refractivity contribution is 0.103. The molecule has 3 aromatic carbocycles. The molecular formula is C28H26FNO3S. The smallest absolute Gasteiger partial charge is 0.207 e. The van der Waals surface area contributed by atoms with Crippen molar-refractivity contribution in [3.05, 3.63) is 87.5 Å². The first-order chi connectivity index (χ1) is 16.4. The number of piperidine rings is 1. The predicted octanol–water partition coefficient (Wildman–Crippen LogP) is 6.85. The number of ketones is 1. The average molecular weight is 476 g/mol. The van der Waals surface area contributed by atoms with E-state index in [0.717, 1.165) is 23.2 Å². The fourth-order valence-corrected chi connectivity index (χ4v) is 5.87. The molecule has 34 heavy (non-hydrogen) atoms. The summed E-state index contributed by atoms with van der Waals surface area (Å²) in [5, 5.41) is 14.2. The summed E-state index contributed by atoms with van der Waals surface area (Å²) in [5.41, 5.74) is 2.91. The first-order valence-corrected chi connectivity index (χ1v) is 12.3. The molecule has 0 aliphatic carbocycles. The first kappa shape index (κ1) is 22.6. The van der Waals surface area contributed by atoms with Gasteiger partial charge < -0.3 is 15.2 Å². The van der Waals surface area contributed by atoms with Gasteiger partial charge in [-0.15, -0.1) is 11.3 Å². The minimum Gasteiger partial charge on any atom is -0.508 e. The molecule has 5 rings (SSSR count). The largest absolute Gasteiger partial charge is 0.508 e. The number of carbonyl (C=O) groups is 1. The van der Waals surface area contributed by atoms with Gasteiger partial charge in [-0.3, -0.25) is 4.79 Å². The molecule has 1 atom stereocenters. The number of rotatable bonds is 5. The topological polar surface area (TPSA) is 58.6 Å². The van der Waals surface area contributed by atoms with E-state index in [4.69, 9.17) is 4.74 Å². The van der Waals surface area contributed by atoms with Crippen molar-refractivity contribution >= 4 is 27.2 Å². The highest BCUT2D eigenvalue weighted by Gasteiger charge is 2.25. The van der Waals surface area contributed by atoms with Crippen LogP contribution in [0.1, 0.15) is 50.7 Å². The Morgan fingerprint density at radius 1 is 1.09 bits per heavy atom. The maximum atomic E-state index is 13.9. The van der Waals surface area contributed by atoms with Crippen molar-refractivity contribution in [2.24, 2.45) is 0 Å². The van der Waals surface area contributed by atoms with Crippen molar-refractivity contribution in [3.63, 3.8) is 0 Å². The molecule has 6 heteroatoms. The molecule has 1 aromatic heterocycles. The van der Waals surface area contributed by atoms with Crippen LogP contribution in [0, 0.1) is 19.7 Å². The molecule has 1 aliphatic rings. The number of thiophene rings is 1. The van der Waals surface area contributed by atoms with E-state index in [0.29, 0.717) is 39.0 Å². The minimum atomic E-state index is -0.363. The van der Waals surface area contributed by atoms with Gasteiger partial charge in [-0.25, -0.2) is 4.39 Å². The van der Waals surface area contributed by atoms with E-state index in [2.05, 4.69) is 17.4 Å². The molecule has 0 unspecified atom stereocenters. The average Bonchev–Trinajstić information content (AvgIpc) is 3.16. The number of nitrogens with one attached hydrogen (secondary N) is 1. The zero-order valence-corrected chi connectivity index (χ0v) is 20.0. The van der Waals surface area contributed by atoms with Crippen molar-refractivity contribution in [3.8, 4) is 17.2 Å². The van der Waals surface area contributed by atoms with E-state index in [-0.39, 0.29) is 17.3 Å². The van der Waals surface area contributed by atoms with E-state index in [1.54, 1.807) is 32.0 Å². The molecule has 0 saturated carbocycles. The SMILES string of the molecule is Cc1cc(F)cc(C)c1C(=O)c1sc2cc(O)ccc2c1Oc1ccc([C@@H]2CCCNC2)cc1. The number of phenolic OH excluding ortho intramolecular Hbond substituents is 1. The van der Waals surface area contributed by atoms with Crippen molar-refractivity contribution in [2.45, 2.75) is 32.6 Å². The van der Waals surface area contributed by atoms with Crippen LogP contribution in [0.15, 0.2) is 54.6 Å². The maximum Gasteiger partial charge on any atom is 0.207 e. The van der Waals surface area contributed by atoms with Gasteiger partial charge in [-0.2, -0.15) is 0 Å². The predicted molar refractivity (Wildman–Crippen MR) is 134 cm³/mol. The summed E-state index contributed by atoms with van der Waals surface area (Å²) in [4.78, 5) is 14.1. The van der Waals surface area contributed by atoms with Crippen LogP contribution in [0.5, 0.6) is 17.2 Å². The number of fused-ring (bicyclic) bond motifs is 1. The highest BCUT2D eigenvalue weighted by atomic mass is 32.1. The Hall–Kier alpha value is -3.22. The Kier molecular flexibility index (Phi) is 6.11. The van der Waals surface area contributed by atoms with Crippen LogP contribution in [0.3, 0.4) is 0 Å². The molecule has 174 valence electrons. The third kappa shape index (κ3) is 4.31. The van der Waals surface area contributed by atoms with Crippen molar-refractivity contribution in [2.75, 3.05) is 13.1 Å². The summed E-state index contributed by atoms with van der Waals surface area (Å²) in [7, 11) is 0. The minimum absolute atomic E-state index is 0.124. The molecule has 0 amide bonds. The van der Waals surface area contributed by atoms with Crippen LogP contribution < -0.4 is 10.1 Å². The number of aryl methyl sites for hydroxylation is 2. The number of hydrogen-bond donors (Lipinski definition) is 2. The van der Waals surface area contributed by atoms with E-state index in [1.165, 1.54) is 41.9 Å². The summed E-state index contributed by atoms with van der Waals surface area (Å²) in [6.07, 6.45) is 2.34. The summed E-state index contributed by atoms with van der Waals surface area (Å²) in [6.45, 7) is 5.53. The molecular weight excluding hydrogens is 449 g/mol. The molecule has 1 saturated heterocycles. The molecule has 2 N–H and O–H groups in total. The number of benzene rings is 3. The molecule has 0 radical (unpaired) electrons. The van der Waals surface area contributed by atoms with E-state index >= 15 is 0 Å². The quantitative estimate of drug-likeness (QED) is 0.310. The van der Waals surface area contributed by atoms with Gasteiger partial charge in [0.1, 0.15) is 22.2 Å². The van der Waals surface area contributed by atoms with Gasteiger partial charge in [0.05, 0.1) is 0 Å². The van der Waals surface area contributed by atoms with Gasteiger partial charge in [0, 0.05) is 22.2 Å². The molecule has 2 heterocycles. The van der Waals surface area contributed by atoms with E-state index in [1.807, 2.05) is 12.1 Å². The van der Waals surface area contributed by atoms with Gasteiger partial charge in [0.15, 0.2) is 5.75 Å². The molecule has 1 fully saturated rings. The highest BCUT2D eigenvalue weighted by Crippen LogP contribution is 2.43. The monoisotopic (exact) mass is 475 g/mol. The third-order valence-electron chi connectivity index (χ3n) is 6.43. The van der Waals surface area contributed by atoms with Crippen LogP contribution in [0.4, 0.5) is 4.39 Å². The van der Waals surface area contributed by atoms with Crippen molar-refractivity contribution in [1.29, 1.82) is 0 Å². The lowest BCUT2D eigenvalue weighted by Gasteiger charge is -2.23. The molecule has 1 aliphatic heterocycles. The summed E-state index contributed by atoms with van der Waals surface area (Å²) in [6, 6.07) is 15.8. The van der Waals surface area contributed by atoms with Gasteiger partial charge in [-0.05, 0) is 98.3 Å². The second-order valence-corrected chi connectivity index (χ2v) is 9.95. The second-order valence-electron chi connectivity index (χ2n) is 8.90. The van der Waals surface area contributed by atoms with Gasteiger partial charge in [0.25, 0.3) is 0 Å². The molecule has 4 aromatic rings. The number of ether oxygens (including phenoxy) is 1.